The van der Waals surface area contributed by atoms with Gasteiger partial charge in [0.2, 0.25) is 0 Å². The lowest BCUT2D eigenvalue weighted by molar-refractivity contribution is 0.304. The Balaban J connectivity index is 1.65. The highest BCUT2D eigenvalue weighted by Crippen LogP contribution is 2.15. The number of hydrogen-bond acceptors (Lipinski definition) is 2. The molecule has 1 heterocycles. The van der Waals surface area contributed by atoms with E-state index in [1.807, 2.05) is 6.20 Å². The van der Waals surface area contributed by atoms with Gasteiger partial charge in [0.25, 0.3) is 0 Å². The summed E-state index contributed by atoms with van der Waals surface area (Å²) in [4.78, 5) is 4.59. The van der Waals surface area contributed by atoms with Crippen LogP contribution in [0.5, 0.6) is 5.75 Å². The molecule has 2 aromatic rings. The molecule has 0 unspecified atom stereocenters. The molecular weight excluding hydrogens is 330 g/mol. The average molecular weight is 368 g/mol. The highest BCUT2D eigenvalue weighted by atomic mass is 16.5. The van der Waals surface area contributed by atoms with Gasteiger partial charge in [-0.3, -0.25) is 4.98 Å². The molecule has 2 nitrogen and oxygen atoms in total. The second kappa shape index (κ2) is 13.4. The molecule has 0 saturated carbocycles. The summed E-state index contributed by atoms with van der Waals surface area (Å²) in [6.07, 6.45) is 15.5. The van der Waals surface area contributed by atoms with E-state index >= 15 is 0 Å². The number of rotatable bonds is 14. The molecule has 1 aromatic heterocycles. The van der Waals surface area contributed by atoms with Crippen LogP contribution in [0.3, 0.4) is 0 Å². The van der Waals surface area contributed by atoms with E-state index in [0.29, 0.717) is 0 Å². The van der Waals surface area contributed by atoms with E-state index in [-0.39, 0.29) is 0 Å². The molecule has 0 aliphatic heterocycles. The van der Waals surface area contributed by atoms with Gasteiger partial charge in [0.15, 0.2) is 0 Å². The number of nitrogens with zero attached hydrogens (tertiary/aromatic N) is 1. The summed E-state index contributed by atoms with van der Waals surface area (Å²) in [6.45, 7) is 5.31. The van der Waals surface area contributed by atoms with Crippen LogP contribution in [0.4, 0.5) is 0 Å². The molecule has 0 aliphatic carbocycles. The van der Waals surface area contributed by atoms with Crippen molar-refractivity contribution in [3.8, 4) is 5.75 Å². The van der Waals surface area contributed by atoms with E-state index in [9.17, 15) is 0 Å². The molecule has 0 aliphatic rings. The Kier molecular flexibility index (Phi) is 10.6. The van der Waals surface area contributed by atoms with Gasteiger partial charge in [-0.2, -0.15) is 0 Å². The summed E-state index contributed by atoms with van der Waals surface area (Å²) in [5.41, 5.74) is 3.89. The van der Waals surface area contributed by atoms with Crippen LogP contribution < -0.4 is 4.74 Å². The average Bonchev–Trinajstić information content (AvgIpc) is 2.71. The molecule has 0 N–H and O–H groups in total. The quantitative estimate of drug-likeness (QED) is 0.337. The molecule has 27 heavy (non-hydrogen) atoms. The van der Waals surface area contributed by atoms with Crippen molar-refractivity contribution in [1.29, 1.82) is 0 Å². The van der Waals surface area contributed by atoms with Gasteiger partial charge in [-0.25, -0.2) is 0 Å². The highest BCUT2D eigenvalue weighted by molar-refractivity contribution is 5.28. The van der Waals surface area contributed by atoms with Gasteiger partial charge in [0.1, 0.15) is 5.75 Å². The molecule has 2 rings (SSSR count). The van der Waals surface area contributed by atoms with Crippen LogP contribution in [-0.2, 0) is 19.3 Å². The van der Waals surface area contributed by atoms with Crippen LogP contribution >= 0.6 is 0 Å². The highest BCUT2D eigenvalue weighted by Gasteiger charge is 2.00. The van der Waals surface area contributed by atoms with E-state index in [1.54, 1.807) is 0 Å². The van der Waals surface area contributed by atoms with Gasteiger partial charge in [-0.15, -0.1) is 0 Å². The van der Waals surface area contributed by atoms with Crippen molar-refractivity contribution >= 4 is 0 Å². The van der Waals surface area contributed by atoms with Crippen molar-refractivity contribution in [1.82, 2.24) is 4.98 Å². The molecule has 0 atom stereocenters. The Hall–Kier alpha value is -1.83. The number of benzene rings is 1. The van der Waals surface area contributed by atoms with Crippen molar-refractivity contribution in [3.63, 3.8) is 0 Å². The van der Waals surface area contributed by atoms with Gasteiger partial charge in [-0.05, 0) is 61.4 Å². The number of aryl methyl sites for hydroxylation is 3. The summed E-state index contributed by atoms with van der Waals surface area (Å²) < 4.78 is 5.87. The van der Waals surface area contributed by atoms with E-state index in [2.05, 4.69) is 55.2 Å². The zero-order valence-electron chi connectivity index (χ0n) is 17.4. The van der Waals surface area contributed by atoms with Gasteiger partial charge in [0, 0.05) is 11.9 Å². The van der Waals surface area contributed by atoms with E-state index < -0.39 is 0 Å². The molecule has 148 valence electrons. The Labute approximate surface area is 166 Å². The lowest BCUT2D eigenvalue weighted by atomic mass is 10.0. The standard InChI is InChI=1S/C25H37NO/c1-3-5-7-8-9-10-20-27-25-18-15-22(16-19-25)12-13-23-14-17-24(26-21-23)11-6-4-2/h14-19,21H,3-13,20H2,1-2H3. The Morgan fingerprint density at radius 1 is 0.667 bits per heavy atom. The van der Waals surface area contributed by atoms with Crippen molar-refractivity contribution in [2.45, 2.75) is 84.5 Å². The molecule has 2 heteroatoms. The van der Waals surface area contributed by atoms with Crippen molar-refractivity contribution < 1.29 is 4.74 Å². The van der Waals surface area contributed by atoms with Gasteiger partial charge < -0.3 is 4.74 Å². The predicted molar refractivity (Wildman–Crippen MR) is 116 cm³/mol. The van der Waals surface area contributed by atoms with Gasteiger partial charge >= 0.3 is 0 Å². The fourth-order valence-corrected chi connectivity index (χ4v) is 3.22. The van der Waals surface area contributed by atoms with Crippen molar-refractivity contribution in [2.24, 2.45) is 0 Å². The number of unbranched alkanes of at least 4 members (excludes halogenated alkanes) is 6. The zero-order chi connectivity index (χ0) is 19.2. The minimum Gasteiger partial charge on any atom is -0.494 e. The molecule has 0 saturated heterocycles. The Bertz CT molecular complexity index is 603. The number of aromatic nitrogens is 1. The Morgan fingerprint density at radius 2 is 1.33 bits per heavy atom. The van der Waals surface area contributed by atoms with E-state index in [4.69, 9.17) is 4.74 Å². The third-order valence-corrected chi connectivity index (χ3v) is 5.06. The normalized spacial score (nSPS) is 10.9. The largest absolute Gasteiger partial charge is 0.494 e. The lowest BCUT2D eigenvalue weighted by Crippen LogP contribution is -1.98. The summed E-state index contributed by atoms with van der Waals surface area (Å²) in [5.74, 6) is 0.995. The monoisotopic (exact) mass is 367 g/mol. The first-order valence-corrected chi connectivity index (χ1v) is 11.0. The second-order valence-electron chi connectivity index (χ2n) is 7.52. The summed E-state index contributed by atoms with van der Waals surface area (Å²) in [5, 5.41) is 0. The van der Waals surface area contributed by atoms with Crippen LogP contribution in [0.25, 0.3) is 0 Å². The summed E-state index contributed by atoms with van der Waals surface area (Å²) in [7, 11) is 0. The maximum atomic E-state index is 5.87. The first-order valence-electron chi connectivity index (χ1n) is 11.0. The minimum atomic E-state index is 0.835. The van der Waals surface area contributed by atoms with Crippen LogP contribution in [-0.4, -0.2) is 11.6 Å². The number of hydrogen-bond donors (Lipinski definition) is 0. The lowest BCUT2D eigenvalue weighted by Gasteiger charge is -2.08. The van der Waals surface area contributed by atoms with Crippen LogP contribution in [0, 0.1) is 0 Å². The van der Waals surface area contributed by atoms with E-state index in [0.717, 1.165) is 38.0 Å². The summed E-state index contributed by atoms with van der Waals surface area (Å²) in [6, 6.07) is 13.0. The first-order chi connectivity index (χ1) is 13.3. The third-order valence-electron chi connectivity index (χ3n) is 5.06. The van der Waals surface area contributed by atoms with Crippen LogP contribution in [0.1, 0.15) is 82.0 Å². The topological polar surface area (TPSA) is 22.1 Å². The fourth-order valence-electron chi connectivity index (χ4n) is 3.22. The van der Waals surface area contributed by atoms with Crippen molar-refractivity contribution in [3.05, 3.63) is 59.4 Å². The van der Waals surface area contributed by atoms with Crippen molar-refractivity contribution in [2.75, 3.05) is 6.61 Å². The SMILES string of the molecule is CCCCCCCCOc1ccc(CCc2ccc(CCCC)nc2)cc1. The summed E-state index contributed by atoms with van der Waals surface area (Å²) >= 11 is 0. The first kappa shape index (κ1) is 21.5. The number of ether oxygens (including phenoxy) is 1. The molecular formula is C25H37NO. The maximum absolute atomic E-state index is 5.87. The zero-order valence-corrected chi connectivity index (χ0v) is 17.4. The molecule has 0 amide bonds. The predicted octanol–water partition coefficient (Wildman–Crippen LogP) is 6.95. The minimum absolute atomic E-state index is 0.835. The molecule has 1 aromatic carbocycles. The third kappa shape index (κ3) is 9.08. The maximum Gasteiger partial charge on any atom is 0.119 e. The molecule has 0 fully saturated rings. The smallest absolute Gasteiger partial charge is 0.119 e. The van der Waals surface area contributed by atoms with E-state index in [1.165, 1.54) is 61.8 Å². The molecule has 0 spiro atoms. The molecule has 0 radical (unpaired) electrons. The van der Waals surface area contributed by atoms with Gasteiger partial charge in [0.05, 0.1) is 6.61 Å². The van der Waals surface area contributed by atoms with Gasteiger partial charge in [-0.1, -0.05) is 70.6 Å². The Morgan fingerprint density at radius 3 is 2.04 bits per heavy atom. The number of pyridine rings is 1. The van der Waals surface area contributed by atoms with Crippen LogP contribution in [0.2, 0.25) is 0 Å². The molecule has 0 bridgehead atoms. The van der Waals surface area contributed by atoms with Crippen LogP contribution in [0.15, 0.2) is 42.6 Å². The fraction of sp³-hybridized carbons (Fsp3) is 0.560. The second-order valence-corrected chi connectivity index (χ2v) is 7.52.